The first kappa shape index (κ1) is 18.6. The molecule has 0 bridgehead atoms. The summed E-state index contributed by atoms with van der Waals surface area (Å²) < 4.78 is 0. The molecule has 1 saturated carbocycles. The van der Waals surface area contributed by atoms with Gasteiger partial charge in [0.25, 0.3) is 11.8 Å². The van der Waals surface area contributed by atoms with E-state index in [-0.39, 0.29) is 24.3 Å². The maximum Gasteiger partial charge on any atom is 0.261 e. The van der Waals surface area contributed by atoms with E-state index in [1.54, 1.807) is 12.1 Å². The largest absolute Gasteiger partial charge is 0.381 e. The topological polar surface area (TPSA) is 116 Å². The monoisotopic (exact) mass is 384 g/mol. The van der Waals surface area contributed by atoms with Crippen molar-refractivity contribution in [1.29, 1.82) is 0 Å². The Morgan fingerprint density at radius 1 is 0.893 bits per heavy atom. The van der Waals surface area contributed by atoms with Gasteiger partial charge >= 0.3 is 0 Å². The number of piperidine rings is 1. The van der Waals surface area contributed by atoms with Crippen LogP contribution in [0.25, 0.3) is 0 Å². The van der Waals surface area contributed by atoms with Crippen LogP contribution in [-0.4, -0.2) is 42.8 Å². The first-order valence-corrected chi connectivity index (χ1v) is 9.78. The van der Waals surface area contributed by atoms with Crippen molar-refractivity contribution < 1.29 is 19.2 Å². The third-order valence-electron chi connectivity index (χ3n) is 6.03. The van der Waals surface area contributed by atoms with E-state index in [2.05, 4.69) is 21.3 Å². The molecule has 4 N–H and O–H groups in total. The number of carbonyl (C=O) groups excluding carboxylic acids is 4. The van der Waals surface area contributed by atoms with Gasteiger partial charge in [-0.3, -0.25) is 29.8 Å². The highest BCUT2D eigenvalue weighted by atomic mass is 16.2. The molecule has 3 aliphatic rings. The van der Waals surface area contributed by atoms with Crippen LogP contribution >= 0.6 is 0 Å². The van der Waals surface area contributed by atoms with Crippen molar-refractivity contribution in [2.75, 3.05) is 12.4 Å². The molecule has 2 heterocycles. The number of nitrogens with one attached hydrogen (secondary N) is 4. The summed E-state index contributed by atoms with van der Waals surface area (Å²) in [5.74, 6) is -2.03. The lowest BCUT2D eigenvalue weighted by Gasteiger charge is -2.32. The Kier molecular flexibility index (Phi) is 4.89. The smallest absolute Gasteiger partial charge is 0.261 e. The molecule has 1 saturated heterocycles. The minimum Gasteiger partial charge on any atom is -0.381 e. The lowest BCUT2D eigenvalue weighted by Crippen LogP contribution is -2.40. The molecular formula is C20H24N4O4. The Morgan fingerprint density at radius 3 is 2.29 bits per heavy atom. The zero-order valence-electron chi connectivity index (χ0n) is 15.8. The normalized spacial score (nSPS) is 27.2. The molecule has 1 atom stereocenters. The molecule has 148 valence electrons. The van der Waals surface area contributed by atoms with E-state index in [0.717, 1.165) is 25.7 Å². The molecule has 8 nitrogen and oxygen atoms in total. The maximum absolute atomic E-state index is 12.5. The van der Waals surface area contributed by atoms with E-state index < -0.39 is 17.7 Å². The highest BCUT2D eigenvalue weighted by Crippen LogP contribution is 2.37. The van der Waals surface area contributed by atoms with Gasteiger partial charge in [0.05, 0.1) is 22.7 Å². The fourth-order valence-electron chi connectivity index (χ4n) is 4.44. The Morgan fingerprint density at radius 2 is 1.61 bits per heavy atom. The van der Waals surface area contributed by atoms with Crippen LogP contribution in [0.5, 0.6) is 0 Å². The first-order chi connectivity index (χ1) is 13.5. The Bertz CT molecular complexity index is 858. The number of hydrogen-bond acceptors (Lipinski definition) is 6. The van der Waals surface area contributed by atoms with Crippen molar-refractivity contribution >= 4 is 29.3 Å². The van der Waals surface area contributed by atoms with Crippen molar-refractivity contribution in [3.05, 3.63) is 28.8 Å². The summed E-state index contributed by atoms with van der Waals surface area (Å²) in [5.41, 5.74) is 1.86. The Hall–Kier alpha value is -2.74. The second-order valence-electron chi connectivity index (χ2n) is 7.72. The second-order valence-corrected chi connectivity index (χ2v) is 7.72. The van der Waals surface area contributed by atoms with Crippen LogP contribution in [0, 0.1) is 0 Å². The molecule has 1 aliphatic carbocycles. The third kappa shape index (κ3) is 3.28. The summed E-state index contributed by atoms with van der Waals surface area (Å²) in [6.07, 6.45) is 4.54. The fraction of sp³-hybridized carbons (Fsp3) is 0.500. The molecular weight excluding hydrogens is 360 g/mol. The summed E-state index contributed by atoms with van der Waals surface area (Å²) in [7, 11) is 1.96. The summed E-state index contributed by atoms with van der Waals surface area (Å²) in [5, 5.41) is 11.5. The van der Waals surface area contributed by atoms with E-state index in [4.69, 9.17) is 0 Å². The molecule has 1 aromatic carbocycles. The van der Waals surface area contributed by atoms with E-state index in [0.29, 0.717) is 34.8 Å². The minimum atomic E-state index is -0.525. The van der Waals surface area contributed by atoms with Gasteiger partial charge in [-0.25, -0.2) is 0 Å². The molecule has 1 unspecified atom stereocenters. The van der Waals surface area contributed by atoms with Gasteiger partial charge in [0.15, 0.2) is 0 Å². The summed E-state index contributed by atoms with van der Waals surface area (Å²) in [6, 6.07) is 3.97. The molecule has 0 radical (unpaired) electrons. The SMILES string of the molecule is CNC1CCC(Nc2c(C3CCC(=O)NC3=O)ccc3c2C(=O)NC3=O)CC1. The number of imide groups is 2. The van der Waals surface area contributed by atoms with Crippen LogP contribution < -0.4 is 21.3 Å². The van der Waals surface area contributed by atoms with Gasteiger partial charge in [-0.1, -0.05) is 6.07 Å². The van der Waals surface area contributed by atoms with Crippen LogP contribution in [0.2, 0.25) is 0 Å². The average molecular weight is 384 g/mol. The number of fused-ring (bicyclic) bond motifs is 1. The number of rotatable bonds is 4. The number of benzene rings is 1. The van der Waals surface area contributed by atoms with Crippen LogP contribution in [0.15, 0.2) is 12.1 Å². The van der Waals surface area contributed by atoms with E-state index in [1.165, 1.54) is 0 Å². The Balaban J connectivity index is 1.70. The van der Waals surface area contributed by atoms with Crippen LogP contribution in [0.1, 0.15) is 70.7 Å². The second kappa shape index (κ2) is 7.35. The molecule has 4 rings (SSSR count). The Labute approximate surface area is 162 Å². The van der Waals surface area contributed by atoms with Gasteiger partial charge < -0.3 is 10.6 Å². The predicted octanol–water partition coefficient (Wildman–Crippen LogP) is 1.03. The highest BCUT2D eigenvalue weighted by molar-refractivity contribution is 6.24. The van der Waals surface area contributed by atoms with Gasteiger partial charge in [-0.05, 0) is 50.8 Å². The van der Waals surface area contributed by atoms with Gasteiger partial charge in [-0.15, -0.1) is 0 Å². The number of hydrogen-bond donors (Lipinski definition) is 4. The van der Waals surface area contributed by atoms with Crippen LogP contribution in [0.3, 0.4) is 0 Å². The number of anilines is 1. The molecule has 2 fully saturated rings. The fourth-order valence-corrected chi connectivity index (χ4v) is 4.44. The molecule has 28 heavy (non-hydrogen) atoms. The van der Waals surface area contributed by atoms with Crippen molar-refractivity contribution in [2.24, 2.45) is 0 Å². The van der Waals surface area contributed by atoms with Crippen molar-refractivity contribution in [2.45, 2.75) is 56.5 Å². The molecule has 2 aliphatic heterocycles. The van der Waals surface area contributed by atoms with Crippen molar-refractivity contribution in [1.82, 2.24) is 16.0 Å². The van der Waals surface area contributed by atoms with E-state index in [9.17, 15) is 19.2 Å². The van der Waals surface area contributed by atoms with Gasteiger partial charge in [0, 0.05) is 18.5 Å². The summed E-state index contributed by atoms with van der Waals surface area (Å²) >= 11 is 0. The zero-order chi connectivity index (χ0) is 19.8. The average Bonchev–Trinajstić information content (AvgIpc) is 2.97. The number of amides is 4. The molecule has 0 aromatic heterocycles. The lowest BCUT2D eigenvalue weighted by molar-refractivity contribution is -0.134. The highest BCUT2D eigenvalue weighted by Gasteiger charge is 2.36. The summed E-state index contributed by atoms with van der Waals surface area (Å²) in [4.78, 5) is 48.5. The number of carbonyl (C=O) groups is 4. The first-order valence-electron chi connectivity index (χ1n) is 9.78. The van der Waals surface area contributed by atoms with Crippen molar-refractivity contribution in [3.63, 3.8) is 0 Å². The van der Waals surface area contributed by atoms with Gasteiger partial charge in [-0.2, -0.15) is 0 Å². The van der Waals surface area contributed by atoms with Gasteiger partial charge in [0.1, 0.15) is 0 Å². The third-order valence-corrected chi connectivity index (χ3v) is 6.03. The van der Waals surface area contributed by atoms with Gasteiger partial charge in [0.2, 0.25) is 11.8 Å². The molecule has 0 spiro atoms. The van der Waals surface area contributed by atoms with E-state index >= 15 is 0 Å². The van der Waals surface area contributed by atoms with Crippen LogP contribution in [0.4, 0.5) is 5.69 Å². The van der Waals surface area contributed by atoms with E-state index in [1.807, 2.05) is 7.05 Å². The lowest BCUT2D eigenvalue weighted by atomic mass is 9.85. The standard InChI is InChI=1S/C20H24N4O4/c1-21-10-2-4-11(5-3-10)22-17-12(13-8-9-15(25)23-18(13)26)6-7-14-16(17)20(28)24-19(14)27/h6-7,10-11,13,21-22H,2-5,8-9H2,1H3,(H,23,25,26)(H,24,27,28). The maximum atomic E-state index is 12.5. The predicted molar refractivity (Wildman–Crippen MR) is 102 cm³/mol. The molecule has 4 amide bonds. The molecule has 1 aromatic rings. The zero-order valence-corrected chi connectivity index (χ0v) is 15.8. The summed E-state index contributed by atoms with van der Waals surface area (Å²) in [6.45, 7) is 0. The quantitative estimate of drug-likeness (QED) is 0.576. The molecule has 8 heteroatoms. The van der Waals surface area contributed by atoms with Crippen molar-refractivity contribution in [3.8, 4) is 0 Å². The minimum absolute atomic E-state index is 0.159. The van der Waals surface area contributed by atoms with Crippen LogP contribution in [-0.2, 0) is 9.59 Å².